The van der Waals surface area contributed by atoms with E-state index in [1.807, 2.05) is 5.32 Å². The summed E-state index contributed by atoms with van der Waals surface area (Å²) >= 11 is 5.77. The van der Waals surface area contributed by atoms with Gasteiger partial charge in [0.15, 0.2) is 6.61 Å². The number of carbonyl (C=O) groups is 3. The third-order valence-corrected chi connectivity index (χ3v) is 5.90. The summed E-state index contributed by atoms with van der Waals surface area (Å²) in [6.45, 7) is -0.521. The van der Waals surface area contributed by atoms with Gasteiger partial charge in [-0.25, -0.2) is 13.2 Å². The third kappa shape index (κ3) is 4.71. The molecule has 1 aromatic rings. The number of hydrogen-bond donors (Lipinski definition) is 2. The van der Waals surface area contributed by atoms with E-state index in [9.17, 15) is 22.8 Å². The Morgan fingerprint density at radius 3 is 2.54 bits per heavy atom. The number of urea groups is 1. The molecule has 0 bridgehead atoms. The Labute approximate surface area is 155 Å². The van der Waals surface area contributed by atoms with Crippen LogP contribution in [0.1, 0.15) is 12.8 Å². The van der Waals surface area contributed by atoms with Gasteiger partial charge in [0.05, 0.1) is 4.90 Å². The fourth-order valence-corrected chi connectivity index (χ4v) is 4.24. The number of nitrogens with zero attached hydrogens (tertiary/aromatic N) is 1. The van der Waals surface area contributed by atoms with Crippen molar-refractivity contribution in [1.82, 2.24) is 14.9 Å². The minimum atomic E-state index is -3.90. The number of nitrogens with one attached hydrogen (secondary N) is 2. The highest BCUT2D eigenvalue weighted by molar-refractivity contribution is 7.89. The van der Waals surface area contributed by atoms with Crippen LogP contribution in [0.4, 0.5) is 4.79 Å². The molecule has 1 aliphatic heterocycles. The highest BCUT2D eigenvalue weighted by Gasteiger charge is 2.40. The fourth-order valence-electron chi connectivity index (χ4n) is 2.46. The van der Waals surface area contributed by atoms with Gasteiger partial charge in [-0.2, -0.15) is 4.31 Å². The standard InChI is InChI=1S/C15H18ClN3O6S/c1-17-15(22)18-13(20)9-25-14(21)12-3-2-8-19(12)26(23,24)11-6-4-10(16)5-7-11/h4-7,12H,2-3,8-9H2,1H3,(H2,17,18,20,22). The number of amides is 3. The van der Waals surface area contributed by atoms with Crippen LogP contribution in [0.5, 0.6) is 0 Å². The van der Waals surface area contributed by atoms with Gasteiger partial charge in [-0.15, -0.1) is 0 Å². The Kier molecular flexibility index (Phi) is 6.57. The molecule has 3 amide bonds. The number of halogens is 1. The van der Waals surface area contributed by atoms with E-state index >= 15 is 0 Å². The van der Waals surface area contributed by atoms with Gasteiger partial charge in [0, 0.05) is 18.6 Å². The van der Waals surface area contributed by atoms with Gasteiger partial charge in [0.2, 0.25) is 10.0 Å². The smallest absolute Gasteiger partial charge is 0.324 e. The van der Waals surface area contributed by atoms with Crippen molar-refractivity contribution < 1.29 is 27.5 Å². The molecule has 11 heteroatoms. The monoisotopic (exact) mass is 403 g/mol. The van der Waals surface area contributed by atoms with E-state index < -0.39 is 40.6 Å². The number of benzene rings is 1. The van der Waals surface area contributed by atoms with Crippen molar-refractivity contribution >= 4 is 39.5 Å². The van der Waals surface area contributed by atoms with E-state index in [0.29, 0.717) is 11.4 Å². The van der Waals surface area contributed by atoms with Gasteiger partial charge in [-0.3, -0.25) is 14.9 Å². The van der Waals surface area contributed by atoms with Crippen LogP contribution in [0.2, 0.25) is 5.02 Å². The van der Waals surface area contributed by atoms with Gasteiger partial charge in [0.1, 0.15) is 6.04 Å². The van der Waals surface area contributed by atoms with Crippen molar-refractivity contribution in [3.63, 3.8) is 0 Å². The minimum Gasteiger partial charge on any atom is -0.454 e. The van der Waals surface area contributed by atoms with Crippen LogP contribution in [0.3, 0.4) is 0 Å². The van der Waals surface area contributed by atoms with Gasteiger partial charge >= 0.3 is 12.0 Å². The molecule has 9 nitrogen and oxygen atoms in total. The molecule has 0 saturated carbocycles. The molecule has 0 aliphatic carbocycles. The summed E-state index contributed by atoms with van der Waals surface area (Å²) in [7, 11) is -2.58. The van der Waals surface area contributed by atoms with Crippen LogP contribution >= 0.6 is 11.6 Å². The highest BCUT2D eigenvalue weighted by atomic mass is 35.5. The molecule has 2 N–H and O–H groups in total. The molecule has 1 unspecified atom stereocenters. The second-order valence-electron chi connectivity index (χ2n) is 5.46. The zero-order chi connectivity index (χ0) is 19.3. The van der Waals surface area contributed by atoms with Gasteiger partial charge in [0.25, 0.3) is 5.91 Å². The molecule has 1 saturated heterocycles. The number of esters is 1. The van der Waals surface area contributed by atoms with Gasteiger partial charge in [-0.1, -0.05) is 11.6 Å². The topological polar surface area (TPSA) is 122 Å². The molecule has 1 aromatic carbocycles. The van der Waals surface area contributed by atoms with Crippen molar-refractivity contribution in [1.29, 1.82) is 0 Å². The predicted octanol–water partition coefficient (Wildman–Crippen LogP) is 0.492. The lowest BCUT2D eigenvalue weighted by molar-refractivity contribution is -0.151. The lowest BCUT2D eigenvalue weighted by Gasteiger charge is -2.22. The molecule has 0 radical (unpaired) electrons. The minimum absolute atomic E-state index is 0.0129. The third-order valence-electron chi connectivity index (χ3n) is 3.72. The summed E-state index contributed by atoms with van der Waals surface area (Å²) < 4.78 is 31.4. The lowest BCUT2D eigenvalue weighted by Crippen LogP contribution is -2.43. The predicted molar refractivity (Wildman–Crippen MR) is 91.9 cm³/mol. The van der Waals surface area contributed by atoms with Gasteiger partial charge < -0.3 is 10.1 Å². The first-order chi connectivity index (χ1) is 12.3. The Morgan fingerprint density at radius 1 is 1.27 bits per heavy atom. The lowest BCUT2D eigenvalue weighted by atomic mass is 10.2. The second-order valence-corrected chi connectivity index (χ2v) is 7.79. The first-order valence-electron chi connectivity index (χ1n) is 7.71. The zero-order valence-corrected chi connectivity index (χ0v) is 15.5. The molecule has 26 heavy (non-hydrogen) atoms. The van der Waals surface area contributed by atoms with Crippen LogP contribution in [0.15, 0.2) is 29.2 Å². The second kappa shape index (κ2) is 8.47. The largest absolute Gasteiger partial charge is 0.454 e. The van der Waals surface area contributed by atoms with Crippen LogP contribution in [-0.4, -0.2) is 56.9 Å². The van der Waals surface area contributed by atoms with E-state index in [1.54, 1.807) is 0 Å². The van der Waals surface area contributed by atoms with Crippen LogP contribution in [-0.2, 0) is 24.3 Å². The summed E-state index contributed by atoms with van der Waals surface area (Å²) in [6, 6.07) is 3.84. The Hall–Kier alpha value is -2.17. The van der Waals surface area contributed by atoms with Crippen LogP contribution in [0, 0.1) is 0 Å². The quantitative estimate of drug-likeness (QED) is 0.690. The van der Waals surface area contributed by atoms with E-state index in [2.05, 4.69) is 5.32 Å². The summed E-state index contributed by atoms with van der Waals surface area (Å²) in [6.07, 6.45) is 0.764. The average molecular weight is 404 g/mol. The van der Waals surface area contributed by atoms with Crippen molar-refractivity contribution in [3.05, 3.63) is 29.3 Å². The van der Waals surface area contributed by atoms with E-state index in [1.165, 1.54) is 31.3 Å². The maximum absolute atomic E-state index is 12.7. The summed E-state index contributed by atoms with van der Waals surface area (Å²) in [5.74, 6) is -1.66. The first-order valence-corrected chi connectivity index (χ1v) is 9.53. The maximum Gasteiger partial charge on any atom is 0.324 e. The summed E-state index contributed by atoms with van der Waals surface area (Å²) in [4.78, 5) is 34.7. The Morgan fingerprint density at radius 2 is 1.92 bits per heavy atom. The Bertz CT molecular complexity index is 796. The molecule has 2 rings (SSSR count). The molecule has 1 aliphatic rings. The molecule has 0 aromatic heterocycles. The van der Waals surface area contributed by atoms with Crippen LogP contribution in [0.25, 0.3) is 0 Å². The number of carbonyl (C=O) groups excluding carboxylic acids is 3. The number of ether oxygens (including phenoxy) is 1. The van der Waals surface area contributed by atoms with Crippen molar-refractivity contribution in [3.8, 4) is 0 Å². The van der Waals surface area contributed by atoms with Crippen LogP contribution < -0.4 is 10.6 Å². The average Bonchev–Trinajstić information content (AvgIpc) is 3.10. The number of imide groups is 1. The zero-order valence-electron chi connectivity index (χ0n) is 13.9. The molecular formula is C15H18ClN3O6S. The normalized spacial score (nSPS) is 17.5. The van der Waals surface area contributed by atoms with Gasteiger partial charge in [-0.05, 0) is 37.1 Å². The summed E-state index contributed by atoms with van der Waals surface area (Å²) in [5, 5.41) is 4.51. The van der Waals surface area contributed by atoms with Crippen molar-refractivity contribution in [2.75, 3.05) is 20.2 Å². The molecule has 0 spiro atoms. The fraction of sp³-hybridized carbons (Fsp3) is 0.400. The number of hydrogen-bond acceptors (Lipinski definition) is 6. The van der Waals surface area contributed by atoms with E-state index in [-0.39, 0.29) is 17.9 Å². The Balaban J connectivity index is 2.04. The van der Waals surface area contributed by atoms with E-state index in [4.69, 9.17) is 16.3 Å². The molecule has 1 heterocycles. The maximum atomic E-state index is 12.7. The first kappa shape index (κ1) is 20.1. The summed E-state index contributed by atoms with van der Waals surface area (Å²) in [5.41, 5.74) is 0. The molecule has 142 valence electrons. The van der Waals surface area contributed by atoms with Crippen molar-refractivity contribution in [2.45, 2.75) is 23.8 Å². The van der Waals surface area contributed by atoms with Crippen molar-refractivity contribution in [2.24, 2.45) is 0 Å². The molecular weight excluding hydrogens is 386 g/mol. The molecule has 1 fully saturated rings. The number of rotatable bonds is 5. The highest BCUT2D eigenvalue weighted by Crippen LogP contribution is 2.27. The SMILES string of the molecule is CNC(=O)NC(=O)COC(=O)C1CCCN1S(=O)(=O)c1ccc(Cl)cc1. The van der Waals surface area contributed by atoms with E-state index in [0.717, 1.165) is 4.31 Å². The molecule has 1 atom stereocenters. The number of sulfonamides is 1.